The van der Waals surface area contributed by atoms with Crippen molar-refractivity contribution in [1.82, 2.24) is 15.0 Å². The van der Waals surface area contributed by atoms with Crippen LogP contribution in [0.25, 0.3) is 5.69 Å². The van der Waals surface area contributed by atoms with Gasteiger partial charge >= 0.3 is 0 Å². The van der Waals surface area contributed by atoms with E-state index >= 15 is 0 Å². The third-order valence-corrected chi connectivity index (χ3v) is 3.70. The molecule has 0 saturated carbocycles. The molecule has 0 amide bonds. The molecule has 2 aromatic rings. The highest BCUT2D eigenvalue weighted by atomic mass is 79.9. The van der Waals surface area contributed by atoms with Crippen LogP contribution in [0.15, 0.2) is 28.9 Å². The fourth-order valence-electron chi connectivity index (χ4n) is 1.71. The first-order valence-electron chi connectivity index (χ1n) is 6.08. The zero-order chi connectivity index (χ0) is 13.0. The van der Waals surface area contributed by atoms with Crippen molar-refractivity contribution in [2.75, 3.05) is 6.54 Å². The molecule has 0 bridgehead atoms. The van der Waals surface area contributed by atoms with Crippen LogP contribution in [-0.2, 0) is 6.42 Å². The van der Waals surface area contributed by atoms with E-state index in [0.29, 0.717) is 0 Å². The molecule has 0 aliphatic heterocycles. The number of rotatable bonds is 5. The van der Waals surface area contributed by atoms with Crippen LogP contribution in [0.4, 0.5) is 0 Å². The molecular weight excluding hydrogens is 292 g/mol. The van der Waals surface area contributed by atoms with Crippen molar-refractivity contribution in [1.29, 1.82) is 0 Å². The molecule has 2 rings (SSSR count). The lowest BCUT2D eigenvalue weighted by Gasteiger charge is -2.02. The van der Waals surface area contributed by atoms with Crippen LogP contribution in [0.3, 0.4) is 0 Å². The Morgan fingerprint density at radius 3 is 2.89 bits per heavy atom. The first-order valence-corrected chi connectivity index (χ1v) is 6.88. The summed E-state index contributed by atoms with van der Waals surface area (Å²) in [4.78, 5) is 0. The van der Waals surface area contributed by atoms with Crippen LogP contribution in [0.2, 0.25) is 0 Å². The SMILES string of the molecule is Cc1ccc(-n2cc(CCCCN)nn2)cc1Br. The molecule has 0 radical (unpaired) electrons. The average Bonchev–Trinajstić information content (AvgIpc) is 2.82. The van der Waals surface area contributed by atoms with E-state index in [1.165, 1.54) is 5.56 Å². The summed E-state index contributed by atoms with van der Waals surface area (Å²) in [6.07, 6.45) is 5.01. The third-order valence-electron chi connectivity index (χ3n) is 2.85. The minimum Gasteiger partial charge on any atom is -0.330 e. The highest BCUT2D eigenvalue weighted by molar-refractivity contribution is 9.10. The second-order valence-corrected chi connectivity index (χ2v) is 5.19. The molecule has 0 atom stereocenters. The van der Waals surface area contributed by atoms with Gasteiger partial charge in [0.2, 0.25) is 0 Å². The number of hydrogen-bond donors (Lipinski definition) is 1. The van der Waals surface area contributed by atoms with Gasteiger partial charge in [0.05, 0.1) is 17.6 Å². The zero-order valence-electron chi connectivity index (χ0n) is 10.4. The Balaban J connectivity index is 2.11. The first-order chi connectivity index (χ1) is 8.70. The van der Waals surface area contributed by atoms with Gasteiger partial charge in [-0.15, -0.1) is 5.10 Å². The van der Waals surface area contributed by atoms with E-state index in [-0.39, 0.29) is 0 Å². The van der Waals surface area contributed by atoms with Crippen molar-refractivity contribution in [3.63, 3.8) is 0 Å². The Labute approximate surface area is 115 Å². The molecular formula is C13H17BrN4. The van der Waals surface area contributed by atoms with Gasteiger partial charge < -0.3 is 5.73 Å². The van der Waals surface area contributed by atoms with E-state index in [1.54, 1.807) is 0 Å². The number of aromatic nitrogens is 3. The second-order valence-electron chi connectivity index (χ2n) is 4.33. The van der Waals surface area contributed by atoms with Crippen molar-refractivity contribution in [3.8, 4) is 5.69 Å². The second kappa shape index (κ2) is 6.11. The topological polar surface area (TPSA) is 56.7 Å². The number of halogens is 1. The molecule has 0 spiro atoms. The average molecular weight is 309 g/mol. The summed E-state index contributed by atoms with van der Waals surface area (Å²) in [5.74, 6) is 0. The first kappa shape index (κ1) is 13.2. The molecule has 18 heavy (non-hydrogen) atoms. The van der Waals surface area contributed by atoms with Crippen LogP contribution in [0.1, 0.15) is 24.1 Å². The molecule has 1 aromatic carbocycles. The van der Waals surface area contributed by atoms with Gasteiger partial charge in [0.15, 0.2) is 0 Å². The minimum atomic E-state index is 0.735. The lowest BCUT2D eigenvalue weighted by atomic mass is 10.2. The van der Waals surface area contributed by atoms with E-state index in [2.05, 4.69) is 39.2 Å². The van der Waals surface area contributed by atoms with Crippen molar-refractivity contribution in [2.24, 2.45) is 5.73 Å². The summed E-state index contributed by atoms with van der Waals surface area (Å²) in [5, 5.41) is 8.32. The van der Waals surface area contributed by atoms with Crippen LogP contribution in [0.5, 0.6) is 0 Å². The van der Waals surface area contributed by atoms with Crippen molar-refractivity contribution in [2.45, 2.75) is 26.2 Å². The molecule has 0 saturated heterocycles. The monoisotopic (exact) mass is 308 g/mol. The Morgan fingerprint density at radius 1 is 1.33 bits per heavy atom. The van der Waals surface area contributed by atoms with E-state index < -0.39 is 0 Å². The maximum Gasteiger partial charge on any atom is 0.0831 e. The molecule has 1 heterocycles. The normalized spacial score (nSPS) is 10.8. The lowest BCUT2D eigenvalue weighted by Crippen LogP contribution is -1.99. The predicted octanol–water partition coefficient (Wildman–Crippen LogP) is 2.62. The quantitative estimate of drug-likeness (QED) is 0.864. The number of hydrogen-bond acceptors (Lipinski definition) is 3. The summed E-state index contributed by atoms with van der Waals surface area (Å²) in [5.41, 5.74) is 8.72. The Hall–Kier alpha value is -1.20. The van der Waals surface area contributed by atoms with Gasteiger partial charge in [-0.25, -0.2) is 4.68 Å². The van der Waals surface area contributed by atoms with Crippen molar-refractivity contribution >= 4 is 15.9 Å². The fraction of sp³-hybridized carbons (Fsp3) is 0.385. The molecule has 0 aliphatic carbocycles. The number of unbranched alkanes of at least 4 members (excludes halogenated alkanes) is 1. The molecule has 5 heteroatoms. The molecule has 0 unspecified atom stereocenters. The van der Waals surface area contributed by atoms with Gasteiger partial charge in [0.25, 0.3) is 0 Å². The highest BCUT2D eigenvalue weighted by Gasteiger charge is 2.04. The van der Waals surface area contributed by atoms with Crippen molar-refractivity contribution < 1.29 is 0 Å². The Kier molecular flexibility index (Phi) is 4.49. The maximum absolute atomic E-state index is 5.47. The van der Waals surface area contributed by atoms with Crippen LogP contribution >= 0.6 is 15.9 Å². The van der Waals surface area contributed by atoms with E-state index in [0.717, 1.165) is 41.7 Å². The molecule has 2 N–H and O–H groups in total. The molecule has 0 aliphatic rings. The van der Waals surface area contributed by atoms with Gasteiger partial charge in [-0.05, 0) is 50.4 Å². The van der Waals surface area contributed by atoms with Gasteiger partial charge in [0.1, 0.15) is 0 Å². The maximum atomic E-state index is 5.47. The van der Waals surface area contributed by atoms with Crippen molar-refractivity contribution in [3.05, 3.63) is 40.1 Å². The standard InChI is InChI=1S/C13H17BrN4/c1-10-5-6-12(8-13(10)14)18-9-11(16-17-18)4-2-3-7-15/h5-6,8-9H,2-4,7,15H2,1H3. The number of benzene rings is 1. The highest BCUT2D eigenvalue weighted by Crippen LogP contribution is 2.19. The van der Waals surface area contributed by atoms with Crippen LogP contribution in [-0.4, -0.2) is 21.5 Å². The van der Waals surface area contributed by atoms with Crippen LogP contribution < -0.4 is 5.73 Å². The molecule has 1 aromatic heterocycles. The van der Waals surface area contributed by atoms with E-state index in [4.69, 9.17) is 5.73 Å². The summed E-state index contributed by atoms with van der Waals surface area (Å²) in [6, 6.07) is 6.15. The molecule has 4 nitrogen and oxygen atoms in total. The molecule has 0 fully saturated rings. The smallest absolute Gasteiger partial charge is 0.0831 e. The Morgan fingerprint density at radius 2 is 2.17 bits per heavy atom. The summed E-state index contributed by atoms with van der Waals surface area (Å²) >= 11 is 3.53. The van der Waals surface area contributed by atoms with Gasteiger partial charge in [-0.1, -0.05) is 27.2 Å². The fourth-order valence-corrected chi connectivity index (χ4v) is 2.08. The van der Waals surface area contributed by atoms with Gasteiger partial charge in [0, 0.05) is 4.47 Å². The predicted molar refractivity (Wildman–Crippen MR) is 75.8 cm³/mol. The summed E-state index contributed by atoms with van der Waals surface area (Å²) in [6.45, 7) is 2.80. The Bertz CT molecular complexity index is 521. The van der Waals surface area contributed by atoms with Crippen LogP contribution in [0, 0.1) is 6.92 Å². The number of nitrogens with two attached hydrogens (primary N) is 1. The largest absolute Gasteiger partial charge is 0.330 e. The van der Waals surface area contributed by atoms with E-state index in [9.17, 15) is 0 Å². The minimum absolute atomic E-state index is 0.735. The number of aryl methyl sites for hydroxylation is 2. The van der Waals surface area contributed by atoms with E-state index in [1.807, 2.05) is 23.0 Å². The number of nitrogens with zero attached hydrogens (tertiary/aromatic N) is 3. The summed E-state index contributed by atoms with van der Waals surface area (Å²) < 4.78 is 2.89. The van der Waals surface area contributed by atoms with Gasteiger partial charge in [-0.2, -0.15) is 0 Å². The zero-order valence-corrected chi connectivity index (χ0v) is 12.0. The summed E-state index contributed by atoms with van der Waals surface area (Å²) in [7, 11) is 0. The lowest BCUT2D eigenvalue weighted by molar-refractivity contribution is 0.727. The third kappa shape index (κ3) is 3.17. The van der Waals surface area contributed by atoms with Gasteiger partial charge in [-0.3, -0.25) is 0 Å². The molecule has 96 valence electrons.